The van der Waals surface area contributed by atoms with Crippen LogP contribution in [0.3, 0.4) is 0 Å². The average Bonchev–Trinajstić information content (AvgIpc) is 2.46. The third-order valence-corrected chi connectivity index (χ3v) is 4.85. The molecule has 0 spiro atoms. The van der Waals surface area contributed by atoms with Crippen molar-refractivity contribution in [2.75, 3.05) is 32.7 Å². The van der Waals surface area contributed by atoms with Crippen molar-refractivity contribution in [1.29, 1.82) is 0 Å². The van der Waals surface area contributed by atoms with Gasteiger partial charge in [-0.2, -0.15) is 0 Å². The van der Waals surface area contributed by atoms with Gasteiger partial charge < -0.3 is 10.6 Å². The molecule has 1 aliphatic carbocycles. The Hall–Kier alpha value is -0.610. The highest BCUT2D eigenvalue weighted by atomic mass is 16.2. The van der Waals surface area contributed by atoms with Gasteiger partial charge in [0.2, 0.25) is 5.91 Å². The highest BCUT2D eigenvalue weighted by Crippen LogP contribution is 2.27. The SMILES string of the molecule is CCCN1CCN(C(=O)CCC2CCCC(N)C2)CC1. The lowest BCUT2D eigenvalue weighted by Gasteiger charge is -2.35. The molecule has 1 saturated carbocycles. The lowest BCUT2D eigenvalue weighted by Crippen LogP contribution is -2.48. The molecule has 116 valence electrons. The van der Waals surface area contributed by atoms with Crippen LogP contribution in [0, 0.1) is 5.92 Å². The minimum atomic E-state index is 0.361. The molecule has 2 atom stereocenters. The highest BCUT2D eigenvalue weighted by molar-refractivity contribution is 5.76. The standard InChI is InChI=1S/C16H31N3O/c1-2-8-18-9-11-19(12-10-18)16(20)7-6-14-4-3-5-15(17)13-14/h14-15H,2-13,17H2,1H3. The second-order valence-corrected chi connectivity index (χ2v) is 6.55. The van der Waals surface area contributed by atoms with E-state index in [1.165, 1.54) is 32.2 Å². The van der Waals surface area contributed by atoms with Crippen LogP contribution >= 0.6 is 0 Å². The van der Waals surface area contributed by atoms with Crippen LogP contribution < -0.4 is 5.73 Å². The summed E-state index contributed by atoms with van der Waals surface area (Å²) in [5.41, 5.74) is 6.02. The summed E-state index contributed by atoms with van der Waals surface area (Å²) in [5, 5.41) is 0. The molecule has 0 aromatic rings. The first-order valence-corrected chi connectivity index (χ1v) is 8.44. The van der Waals surface area contributed by atoms with Gasteiger partial charge in [-0.3, -0.25) is 9.69 Å². The maximum atomic E-state index is 12.3. The Morgan fingerprint density at radius 2 is 1.95 bits per heavy atom. The number of nitrogens with zero attached hydrogens (tertiary/aromatic N) is 2. The topological polar surface area (TPSA) is 49.6 Å². The van der Waals surface area contributed by atoms with Gasteiger partial charge in [0.1, 0.15) is 0 Å². The molecule has 1 aliphatic heterocycles. The van der Waals surface area contributed by atoms with E-state index in [2.05, 4.69) is 16.7 Å². The molecule has 4 nitrogen and oxygen atoms in total. The van der Waals surface area contributed by atoms with Crippen LogP contribution in [0.4, 0.5) is 0 Å². The molecule has 2 fully saturated rings. The van der Waals surface area contributed by atoms with E-state index in [4.69, 9.17) is 5.73 Å². The Bertz CT molecular complexity index is 300. The summed E-state index contributed by atoms with van der Waals surface area (Å²) >= 11 is 0. The van der Waals surface area contributed by atoms with E-state index in [1.54, 1.807) is 0 Å². The van der Waals surface area contributed by atoms with Gasteiger partial charge in [0, 0.05) is 38.6 Å². The molecule has 20 heavy (non-hydrogen) atoms. The van der Waals surface area contributed by atoms with Gasteiger partial charge in [0.25, 0.3) is 0 Å². The molecule has 0 aromatic heterocycles. The first-order valence-electron chi connectivity index (χ1n) is 8.44. The number of carbonyl (C=O) groups excluding carboxylic acids is 1. The number of amides is 1. The molecule has 1 saturated heterocycles. The molecular formula is C16H31N3O. The molecule has 0 radical (unpaired) electrons. The smallest absolute Gasteiger partial charge is 0.222 e. The maximum absolute atomic E-state index is 12.3. The van der Waals surface area contributed by atoms with Crippen LogP contribution in [0.15, 0.2) is 0 Å². The lowest BCUT2D eigenvalue weighted by molar-refractivity contribution is -0.133. The van der Waals surface area contributed by atoms with Crippen molar-refractivity contribution in [2.24, 2.45) is 11.7 Å². The summed E-state index contributed by atoms with van der Waals surface area (Å²) in [6.07, 6.45) is 7.78. The monoisotopic (exact) mass is 281 g/mol. The Labute approximate surface area is 123 Å². The van der Waals surface area contributed by atoms with E-state index in [1.807, 2.05) is 0 Å². The Morgan fingerprint density at radius 1 is 1.20 bits per heavy atom. The van der Waals surface area contributed by atoms with Crippen LogP contribution in [0.2, 0.25) is 0 Å². The highest BCUT2D eigenvalue weighted by Gasteiger charge is 2.23. The van der Waals surface area contributed by atoms with E-state index >= 15 is 0 Å². The summed E-state index contributed by atoms with van der Waals surface area (Å²) < 4.78 is 0. The fourth-order valence-electron chi connectivity index (χ4n) is 3.62. The van der Waals surface area contributed by atoms with Gasteiger partial charge in [-0.25, -0.2) is 0 Å². The molecule has 1 heterocycles. The summed E-state index contributed by atoms with van der Waals surface area (Å²) in [6, 6.07) is 0.376. The fourth-order valence-corrected chi connectivity index (χ4v) is 3.62. The zero-order valence-electron chi connectivity index (χ0n) is 13.0. The minimum Gasteiger partial charge on any atom is -0.340 e. The number of nitrogens with two attached hydrogens (primary N) is 1. The van der Waals surface area contributed by atoms with Crippen molar-refractivity contribution < 1.29 is 4.79 Å². The first kappa shape index (κ1) is 15.8. The van der Waals surface area contributed by atoms with Crippen LogP contribution in [-0.4, -0.2) is 54.5 Å². The molecule has 1 amide bonds. The number of rotatable bonds is 5. The normalized spacial score (nSPS) is 28.6. The average molecular weight is 281 g/mol. The second kappa shape index (κ2) is 7.99. The summed E-state index contributed by atoms with van der Waals surface area (Å²) in [6.45, 7) is 7.32. The van der Waals surface area contributed by atoms with Crippen LogP contribution in [0.25, 0.3) is 0 Å². The van der Waals surface area contributed by atoms with E-state index in [0.29, 0.717) is 17.9 Å². The summed E-state index contributed by atoms with van der Waals surface area (Å²) in [4.78, 5) is 16.8. The van der Waals surface area contributed by atoms with Gasteiger partial charge >= 0.3 is 0 Å². The lowest BCUT2D eigenvalue weighted by atomic mass is 9.83. The third-order valence-electron chi connectivity index (χ3n) is 4.85. The number of hydrogen-bond donors (Lipinski definition) is 1. The van der Waals surface area contributed by atoms with Crippen molar-refractivity contribution in [3.63, 3.8) is 0 Å². The molecule has 0 aromatic carbocycles. The van der Waals surface area contributed by atoms with Crippen LogP contribution in [0.1, 0.15) is 51.9 Å². The summed E-state index contributed by atoms with van der Waals surface area (Å²) in [7, 11) is 0. The predicted octanol–water partition coefficient (Wildman–Crippen LogP) is 1.84. The molecule has 0 bridgehead atoms. The van der Waals surface area contributed by atoms with Gasteiger partial charge in [0.15, 0.2) is 0 Å². The fraction of sp³-hybridized carbons (Fsp3) is 0.938. The van der Waals surface area contributed by atoms with Crippen molar-refractivity contribution in [3.8, 4) is 0 Å². The van der Waals surface area contributed by atoms with Crippen LogP contribution in [0.5, 0.6) is 0 Å². The first-order chi connectivity index (χ1) is 9.69. The molecular weight excluding hydrogens is 250 g/mol. The van der Waals surface area contributed by atoms with Crippen LogP contribution in [-0.2, 0) is 4.79 Å². The van der Waals surface area contributed by atoms with Crippen molar-refractivity contribution >= 4 is 5.91 Å². The minimum absolute atomic E-state index is 0.361. The number of hydrogen-bond acceptors (Lipinski definition) is 3. The number of carbonyl (C=O) groups is 1. The van der Waals surface area contributed by atoms with E-state index in [0.717, 1.165) is 45.4 Å². The zero-order valence-corrected chi connectivity index (χ0v) is 13.0. The molecule has 2 rings (SSSR count). The van der Waals surface area contributed by atoms with Gasteiger partial charge in [0.05, 0.1) is 0 Å². The third kappa shape index (κ3) is 4.74. The summed E-state index contributed by atoms with van der Waals surface area (Å²) in [5.74, 6) is 1.05. The number of piperazine rings is 1. The van der Waals surface area contributed by atoms with Gasteiger partial charge in [-0.15, -0.1) is 0 Å². The Morgan fingerprint density at radius 3 is 2.60 bits per heavy atom. The van der Waals surface area contributed by atoms with E-state index in [-0.39, 0.29) is 0 Å². The zero-order chi connectivity index (χ0) is 14.4. The maximum Gasteiger partial charge on any atom is 0.222 e. The quantitative estimate of drug-likeness (QED) is 0.836. The molecule has 2 N–H and O–H groups in total. The second-order valence-electron chi connectivity index (χ2n) is 6.55. The predicted molar refractivity (Wildman–Crippen MR) is 82.5 cm³/mol. The Kier molecular flexibility index (Phi) is 6.30. The molecule has 4 heteroatoms. The Balaban J connectivity index is 1.65. The molecule has 2 aliphatic rings. The van der Waals surface area contributed by atoms with Gasteiger partial charge in [-0.1, -0.05) is 19.8 Å². The van der Waals surface area contributed by atoms with Crippen molar-refractivity contribution in [3.05, 3.63) is 0 Å². The van der Waals surface area contributed by atoms with Crippen molar-refractivity contribution in [1.82, 2.24) is 9.80 Å². The van der Waals surface area contributed by atoms with E-state index < -0.39 is 0 Å². The largest absolute Gasteiger partial charge is 0.340 e. The van der Waals surface area contributed by atoms with Gasteiger partial charge in [-0.05, 0) is 38.1 Å². The molecule has 2 unspecified atom stereocenters. The van der Waals surface area contributed by atoms with E-state index in [9.17, 15) is 4.79 Å². The van der Waals surface area contributed by atoms with Crippen molar-refractivity contribution in [2.45, 2.75) is 57.9 Å².